The van der Waals surface area contributed by atoms with Crippen LogP contribution in [0.25, 0.3) is 11.1 Å². The number of ether oxygens (including phenoxy) is 4. The van der Waals surface area contributed by atoms with Crippen LogP contribution in [0.3, 0.4) is 0 Å². The first-order valence-corrected chi connectivity index (χ1v) is 11.3. The molecule has 1 aliphatic heterocycles. The molecule has 0 spiro atoms. The van der Waals surface area contributed by atoms with E-state index in [0.717, 1.165) is 12.1 Å². The lowest BCUT2D eigenvalue weighted by Crippen LogP contribution is -2.31. The second kappa shape index (κ2) is 11.3. The molecule has 0 unspecified atom stereocenters. The molecule has 0 aromatic heterocycles. The Bertz CT molecular complexity index is 1260. The molecule has 4 nitrogen and oxygen atoms in total. The van der Waals surface area contributed by atoms with Gasteiger partial charge in [0, 0.05) is 29.7 Å². The summed E-state index contributed by atoms with van der Waals surface area (Å²) >= 11 is 0. The van der Waals surface area contributed by atoms with Crippen molar-refractivity contribution in [3.63, 3.8) is 0 Å². The fourth-order valence-corrected chi connectivity index (χ4v) is 3.83. The average Bonchev–Trinajstić information content (AvgIpc) is 2.85. The van der Waals surface area contributed by atoms with Crippen LogP contribution in [0.15, 0.2) is 42.5 Å². The molecule has 0 bridgehead atoms. The second-order valence-corrected chi connectivity index (χ2v) is 8.40. The molecule has 1 aliphatic rings. The van der Waals surface area contributed by atoms with E-state index in [9.17, 15) is 35.1 Å². The summed E-state index contributed by atoms with van der Waals surface area (Å²) in [5.41, 5.74) is -2.79. The molecule has 4 rings (SSSR count). The first-order valence-electron chi connectivity index (χ1n) is 11.3. The van der Waals surface area contributed by atoms with Gasteiger partial charge < -0.3 is 18.9 Å². The maximum Gasteiger partial charge on any atom is 0.432 e. The molecular weight excluding hydrogens is 528 g/mol. The van der Waals surface area contributed by atoms with Crippen molar-refractivity contribution in [1.82, 2.24) is 0 Å². The molecule has 0 N–H and O–H groups in total. The van der Waals surface area contributed by atoms with Crippen LogP contribution < -0.4 is 4.74 Å². The van der Waals surface area contributed by atoms with E-state index < -0.39 is 69.7 Å². The number of benzene rings is 3. The van der Waals surface area contributed by atoms with Crippen molar-refractivity contribution in [2.24, 2.45) is 5.92 Å². The molecule has 3 aromatic carbocycles. The summed E-state index contributed by atoms with van der Waals surface area (Å²) in [7, 11) is 0. The van der Waals surface area contributed by atoms with E-state index in [1.165, 1.54) is 0 Å². The van der Waals surface area contributed by atoms with Gasteiger partial charge in [-0.05, 0) is 48.9 Å². The van der Waals surface area contributed by atoms with Crippen LogP contribution in [0.5, 0.6) is 5.75 Å². The Hall–Kier alpha value is -3.22. The van der Waals surface area contributed by atoms with E-state index in [0.29, 0.717) is 43.5 Å². The molecule has 3 aromatic rings. The third-order valence-electron chi connectivity index (χ3n) is 5.63. The van der Waals surface area contributed by atoms with Crippen molar-refractivity contribution in [2.75, 3.05) is 26.4 Å². The van der Waals surface area contributed by atoms with Gasteiger partial charge in [0.2, 0.25) is 0 Å². The molecule has 1 saturated heterocycles. The normalized spacial score (nSPS) is 18.0. The molecule has 0 atom stereocenters. The Morgan fingerprint density at radius 3 is 1.97 bits per heavy atom. The highest BCUT2D eigenvalue weighted by atomic mass is 19.3. The number of halogens is 8. The number of hydrogen-bond donors (Lipinski definition) is 0. The average molecular weight is 548 g/mol. The van der Waals surface area contributed by atoms with Crippen molar-refractivity contribution < 1.29 is 54.1 Å². The Labute approximate surface area is 211 Å². The summed E-state index contributed by atoms with van der Waals surface area (Å²) in [6, 6.07) is 4.30. The van der Waals surface area contributed by atoms with Crippen molar-refractivity contribution in [3.8, 4) is 16.9 Å². The van der Waals surface area contributed by atoms with E-state index in [2.05, 4.69) is 4.74 Å². The zero-order valence-corrected chi connectivity index (χ0v) is 19.7. The number of hydrogen-bond acceptors (Lipinski definition) is 4. The molecule has 0 saturated carbocycles. The van der Waals surface area contributed by atoms with E-state index in [1.54, 1.807) is 0 Å². The van der Waals surface area contributed by atoms with Crippen LogP contribution in [0.4, 0.5) is 35.1 Å². The van der Waals surface area contributed by atoms with Crippen molar-refractivity contribution in [1.29, 1.82) is 0 Å². The fraction of sp³-hybridized carbons (Fsp3) is 0.308. The Morgan fingerprint density at radius 2 is 1.42 bits per heavy atom. The van der Waals surface area contributed by atoms with Crippen molar-refractivity contribution in [2.45, 2.75) is 19.3 Å². The maximum atomic E-state index is 14.8. The van der Waals surface area contributed by atoms with Gasteiger partial charge in [-0.1, -0.05) is 0 Å². The SMILES string of the molecule is CCOCC1COC(c2cc(F)c(C(F)(F)Oc3ccc(-c4cc(F)c(F)c(F)c4)c(F)c3)c(F)c2)OC1. The van der Waals surface area contributed by atoms with Crippen molar-refractivity contribution in [3.05, 3.63) is 88.5 Å². The van der Waals surface area contributed by atoms with E-state index in [-0.39, 0.29) is 24.7 Å². The second-order valence-electron chi connectivity index (χ2n) is 8.40. The summed E-state index contributed by atoms with van der Waals surface area (Å²) in [6.45, 7) is 2.97. The summed E-state index contributed by atoms with van der Waals surface area (Å²) in [6.07, 6.45) is -5.78. The molecular formula is C26H20F8O4. The first kappa shape index (κ1) is 27.8. The zero-order chi connectivity index (χ0) is 27.6. The summed E-state index contributed by atoms with van der Waals surface area (Å²) in [5, 5.41) is 0. The Morgan fingerprint density at radius 1 is 0.816 bits per heavy atom. The van der Waals surface area contributed by atoms with Gasteiger partial charge in [0.05, 0.1) is 19.8 Å². The predicted molar refractivity (Wildman–Crippen MR) is 117 cm³/mol. The minimum absolute atomic E-state index is 0.106. The third kappa shape index (κ3) is 5.92. The minimum atomic E-state index is -4.59. The molecule has 38 heavy (non-hydrogen) atoms. The quantitative estimate of drug-likeness (QED) is 0.224. The Kier molecular flexibility index (Phi) is 8.24. The first-order chi connectivity index (χ1) is 18.0. The molecule has 0 radical (unpaired) electrons. The highest BCUT2D eigenvalue weighted by Crippen LogP contribution is 2.38. The Balaban J connectivity index is 1.52. The van der Waals surface area contributed by atoms with E-state index in [4.69, 9.17) is 14.2 Å². The highest BCUT2D eigenvalue weighted by Gasteiger charge is 2.42. The zero-order valence-electron chi connectivity index (χ0n) is 19.7. The van der Waals surface area contributed by atoms with Crippen LogP contribution in [-0.2, 0) is 20.3 Å². The van der Waals surface area contributed by atoms with E-state index >= 15 is 0 Å². The smallest absolute Gasteiger partial charge is 0.429 e. The van der Waals surface area contributed by atoms with Gasteiger partial charge in [-0.15, -0.1) is 0 Å². The molecule has 0 amide bonds. The van der Waals surface area contributed by atoms with Gasteiger partial charge in [-0.2, -0.15) is 8.78 Å². The standard InChI is InChI=1S/C26H20F8O4/c1-2-35-10-13-11-36-25(37-12-13)15-7-19(28)23(20(29)8-15)26(33,34)38-16-3-4-17(18(27)9-16)14-5-21(30)24(32)22(31)6-14/h3-9,13,25H,2,10-12H2,1H3. The maximum absolute atomic E-state index is 14.8. The molecule has 204 valence electrons. The monoisotopic (exact) mass is 548 g/mol. The molecule has 1 heterocycles. The lowest BCUT2D eigenvalue weighted by Gasteiger charge is -2.30. The molecule has 12 heteroatoms. The lowest BCUT2D eigenvalue weighted by molar-refractivity contribution is -0.212. The lowest BCUT2D eigenvalue weighted by atomic mass is 10.0. The van der Waals surface area contributed by atoms with Gasteiger partial charge in [0.1, 0.15) is 28.8 Å². The summed E-state index contributed by atoms with van der Waals surface area (Å²) in [5.74, 6) is -10.5. The van der Waals surface area contributed by atoms with E-state index in [1.807, 2.05) is 6.92 Å². The van der Waals surface area contributed by atoms with Crippen LogP contribution in [0, 0.1) is 40.8 Å². The summed E-state index contributed by atoms with van der Waals surface area (Å²) < 4.78 is 134. The minimum Gasteiger partial charge on any atom is -0.429 e. The summed E-state index contributed by atoms with van der Waals surface area (Å²) in [4.78, 5) is 0. The van der Waals surface area contributed by atoms with Crippen LogP contribution in [0.1, 0.15) is 24.3 Å². The topological polar surface area (TPSA) is 36.9 Å². The van der Waals surface area contributed by atoms with Crippen LogP contribution in [-0.4, -0.2) is 26.4 Å². The van der Waals surface area contributed by atoms with Gasteiger partial charge in [-0.3, -0.25) is 0 Å². The highest BCUT2D eigenvalue weighted by molar-refractivity contribution is 5.65. The molecule has 0 aliphatic carbocycles. The fourth-order valence-electron chi connectivity index (χ4n) is 3.83. The van der Waals surface area contributed by atoms with Crippen LogP contribution in [0.2, 0.25) is 0 Å². The van der Waals surface area contributed by atoms with Crippen LogP contribution >= 0.6 is 0 Å². The molecule has 1 fully saturated rings. The largest absolute Gasteiger partial charge is 0.432 e. The van der Waals surface area contributed by atoms with Gasteiger partial charge in [0.15, 0.2) is 23.7 Å². The predicted octanol–water partition coefficient (Wildman–Crippen LogP) is 7.01. The van der Waals surface area contributed by atoms with Gasteiger partial charge in [-0.25, -0.2) is 26.3 Å². The van der Waals surface area contributed by atoms with Gasteiger partial charge >= 0.3 is 6.11 Å². The third-order valence-corrected chi connectivity index (χ3v) is 5.63. The number of alkyl halides is 2. The van der Waals surface area contributed by atoms with Crippen molar-refractivity contribution >= 4 is 0 Å². The number of rotatable bonds is 8. The van der Waals surface area contributed by atoms with Gasteiger partial charge in [0.25, 0.3) is 0 Å².